The topological polar surface area (TPSA) is 69.6 Å². The average molecular weight is 485 g/mol. The molecule has 0 aliphatic carbocycles. The Labute approximate surface area is 175 Å². The summed E-state index contributed by atoms with van der Waals surface area (Å²) >= 11 is 1.65. The summed E-state index contributed by atoms with van der Waals surface area (Å²) in [7, 11) is 0. The number of aromatic nitrogens is 1. The number of nitrogens with zero attached hydrogens (tertiary/aromatic N) is 3. The van der Waals surface area contributed by atoms with Crippen LogP contribution in [0.4, 0.5) is 5.69 Å². The number of carbonyl (C=O) groups is 1. The predicted molar refractivity (Wildman–Crippen MR) is 118 cm³/mol. The summed E-state index contributed by atoms with van der Waals surface area (Å²) in [6, 6.07) is 8.06. The summed E-state index contributed by atoms with van der Waals surface area (Å²) in [5.41, 5.74) is 2.24. The molecular formula is C18H24IN5OS. The van der Waals surface area contributed by atoms with Crippen molar-refractivity contribution in [2.75, 3.05) is 24.5 Å². The van der Waals surface area contributed by atoms with Crippen LogP contribution >= 0.6 is 35.3 Å². The number of halogens is 1. The van der Waals surface area contributed by atoms with Gasteiger partial charge in [-0.05, 0) is 31.9 Å². The van der Waals surface area contributed by atoms with Crippen molar-refractivity contribution in [1.82, 2.24) is 15.6 Å². The Kier molecular flexibility index (Phi) is 7.83. The van der Waals surface area contributed by atoms with E-state index in [4.69, 9.17) is 0 Å². The maximum absolute atomic E-state index is 12.5. The second kappa shape index (κ2) is 9.86. The van der Waals surface area contributed by atoms with Crippen molar-refractivity contribution in [3.63, 3.8) is 0 Å². The normalized spacial score (nSPS) is 13.2. The number of carbonyl (C=O) groups excluding carboxylic acids is 1. The van der Waals surface area contributed by atoms with Crippen molar-refractivity contribution < 1.29 is 4.79 Å². The van der Waals surface area contributed by atoms with Gasteiger partial charge in [0.25, 0.3) is 0 Å². The van der Waals surface area contributed by atoms with Crippen LogP contribution < -0.4 is 15.5 Å². The fourth-order valence-corrected chi connectivity index (χ4v) is 3.54. The molecule has 1 aromatic heterocycles. The number of guanidine groups is 1. The number of hydrogen-bond acceptors (Lipinski definition) is 4. The Balaban J connectivity index is 0.00000243. The van der Waals surface area contributed by atoms with Gasteiger partial charge in [0.15, 0.2) is 5.96 Å². The molecular weight excluding hydrogens is 461 g/mol. The molecule has 0 atom stereocenters. The minimum Gasteiger partial charge on any atom is -0.357 e. The van der Waals surface area contributed by atoms with Crippen LogP contribution in [-0.2, 0) is 17.8 Å². The van der Waals surface area contributed by atoms with Gasteiger partial charge >= 0.3 is 0 Å². The van der Waals surface area contributed by atoms with Crippen molar-refractivity contribution in [3.05, 3.63) is 45.9 Å². The number of fused-ring (bicyclic) bond motifs is 1. The molecule has 0 saturated heterocycles. The number of rotatable bonds is 5. The van der Waals surface area contributed by atoms with Crippen molar-refractivity contribution in [3.8, 4) is 0 Å². The largest absolute Gasteiger partial charge is 0.357 e. The molecule has 2 aromatic rings. The van der Waals surface area contributed by atoms with Crippen molar-refractivity contribution in [2.24, 2.45) is 4.99 Å². The molecule has 0 spiro atoms. The van der Waals surface area contributed by atoms with Gasteiger partial charge in [-0.2, -0.15) is 0 Å². The molecule has 3 rings (SSSR count). The zero-order valence-corrected chi connectivity index (χ0v) is 18.1. The van der Waals surface area contributed by atoms with Crippen LogP contribution in [0.3, 0.4) is 0 Å². The minimum atomic E-state index is 0. The van der Waals surface area contributed by atoms with Crippen molar-refractivity contribution in [1.29, 1.82) is 0 Å². The van der Waals surface area contributed by atoms with Crippen LogP contribution in [0.5, 0.6) is 0 Å². The molecule has 0 bridgehead atoms. The summed E-state index contributed by atoms with van der Waals surface area (Å²) in [6.07, 6.45) is 2.77. The fraction of sp³-hybridized carbons (Fsp3) is 0.389. The predicted octanol–water partition coefficient (Wildman–Crippen LogP) is 2.71. The maximum atomic E-state index is 12.5. The SMILES string of the molecule is CCNC(=NCC(=O)N1CCc2ccccc21)NCc1ncc(C)s1.I. The van der Waals surface area contributed by atoms with Gasteiger partial charge in [0, 0.05) is 29.9 Å². The van der Waals surface area contributed by atoms with E-state index in [0.29, 0.717) is 12.5 Å². The number of para-hydroxylation sites is 1. The van der Waals surface area contributed by atoms with Gasteiger partial charge in [-0.1, -0.05) is 18.2 Å². The number of amides is 1. The van der Waals surface area contributed by atoms with Crippen LogP contribution in [0.1, 0.15) is 22.4 Å². The van der Waals surface area contributed by atoms with E-state index in [1.165, 1.54) is 10.4 Å². The highest BCUT2D eigenvalue weighted by molar-refractivity contribution is 14.0. The fourth-order valence-electron chi connectivity index (χ4n) is 2.81. The molecule has 1 aliphatic rings. The number of hydrogen-bond donors (Lipinski definition) is 2. The van der Waals surface area contributed by atoms with Gasteiger partial charge in [0.05, 0.1) is 6.54 Å². The second-order valence-electron chi connectivity index (χ2n) is 5.84. The number of benzene rings is 1. The zero-order chi connectivity index (χ0) is 17.6. The van der Waals surface area contributed by atoms with Gasteiger partial charge < -0.3 is 15.5 Å². The van der Waals surface area contributed by atoms with Crippen LogP contribution in [0, 0.1) is 6.92 Å². The number of anilines is 1. The molecule has 140 valence electrons. The van der Waals surface area contributed by atoms with E-state index in [2.05, 4.69) is 26.7 Å². The lowest BCUT2D eigenvalue weighted by atomic mass is 10.2. The van der Waals surface area contributed by atoms with Gasteiger partial charge in [0.1, 0.15) is 11.6 Å². The number of thiazole rings is 1. The highest BCUT2D eigenvalue weighted by Crippen LogP contribution is 2.27. The summed E-state index contributed by atoms with van der Waals surface area (Å²) in [6.45, 7) is 6.24. The average Bonchev–Trinajstić information content (AvgIpc) is 3.23. The third kappa shape index (κ3) is 5.16. The van der Waals surface area contributed by atoms with Crippen LogP contribution in [0.15, 0.2) is 35.5 Å². The summed E-state index contributed by atoms with van der Waals surface area (Å²) in [4.78, 5) is 24.3. The Morgan fingerprint density at radius 3 is 2.88 bits per heavy atom. The van der Waals surface area contributed by atoms with E-state index >= 15 is 0 Å². The first kappa shape index (κ1) is 20.6. The lowest BCUT2D eigenvalue weighted by molar-refractivity contribution is -0.117. The van der Waals surface area contributed by atoms with Gasteiger partial charge in [-0.15, -0.1) is 35.3 Å². The van der Waals surface area contributed by atoms with E-state index in [0.717, 1.165) is 30.2 Å². The first-order chi connectivity index (χ1) is 12.2. The van der Waals surface area contributed by atoms with Crippen LogP contribution in [0.25, 0.3) is 0 Å². The molecule has 6 nitrogen and oxygen atoms in total. The first-order valence-electron chi connectivity index (χ1n) is 8.49. The van der Waals surface area contributed by atoms with Crippen LogP contribution in [-0.4, -0.2) is 36.5 Å². The smallest absolute Gasteiger partial charge is 0.248 e. The Morgan fingerprint density at radius 1 is 1.35 bits per heavy atom. The van der Waals surface area contributed by atoms with Gasteiger partial charge in [-0.3, -0.25) is 4.79 Å². The number of aliphatic imine (C=N–C) groups is 1. The Hall–Kier alpha value is -1.68. The lowest BCUT2D eigenvalue weighted by Gasteiger charge is -2.16. The maximum Gasteiger partial charge on any atom is 0.248 e. The van der Waals surface area contributed by atoms with E-state index in [1.807, 2.05) is 43.1 Å². The molecule has 26 heavy (non-hydrogen) atoms. The van der Waals surface area contributed by atoms with Crippen LogP contribution in [0.2, 0.25) is 0 Å². The number of aryl methyl sites for hydroxylation is 1. The van der Waals surface area contributed by atoms with E-state index in [-0.39, 0.29) is 36.4 Å². The standard InChI is InChI=1S/C18H23N5OS.HI/c1-3-19-18(21-11-16-20-10-13(2)25-16)22-12-17(24)23-9-8-14-6-4-5-7-15(14)23;/h4-7,10H,3,8-9,11-12H2,1-2H3,(H2,19,21,22);1H. The Bertz CT molecular complexity index is 776. The third-order valence-corrected chi connectivity index (χ3v) is 4.89. The molecule has 1 aromatic carbocycles. The molecule has 0 unspecified atom stereocenters. The monoisotopic (exact) mass is 485 g/mol. The van der Waals surface area contributed by atoms with Gasteiger partial charge in [0.2, 0.25) is 5.91 Å². The second-order valence-corrected chi connectivity index (χ2v) is 7.16. The molecule has 2 N–H and O–H groups in total. The summed E-state index contributed by atoms with van der Waals surface area (Å²) in [5, 5.41) is 7.40. The van der Waals surface area contributed by atoms with E-state index < -0.39 is 0 Å². The quantitative estimate of drug-likeness (QED) is 0.388. The highest BCUT2D eigenvalue weighted by Gasteiger charge is 2.23. The van der Waals surface area contributed by atoms with E-state index in [1.54, 1.807) is 11.3 Å². The molecule has 1 aliphatic heterocycles. The molecule has 2 heterocycles. The number of nitrogens with one attached hydrogen (secondary N) is 2. The third-order valence-electron chi connectivity index (χ3n) is 3.98. The first-order valence-corrected chi connectivity index (χ1v) is 9.30. The van der Waals surface area contributed by atoms with Crippen molar-refractivity contribution >= 4 is 52.9 Å². The molecule has 0 fully saturated rings. The molecule has 0 saturated carbocycles. The summed E-state index contributed by atoms with van der Waals surface area (Å²) in [5.74, 6) is 0.656. The molecule has 8 heteroatoms. The Morgan fingerprint density at radius 2 is 2.15 bits per heavy atom. The molecule has 0 radical (unpaired) electrons. The zero-order valence-electron chi connectivity index (χ0n) is 15.0. The van der Waals surface area contributed by atoms with Gasteiger partial charge in [-0.25, -0.2) is 9.98 Å². The lowest BCUT2D eigenvalue weighted by Crippen LogP contribution is -2.38. The minimum absolute atomic E-state index is 0. The molecule has 1 amide bonds. The highest BCUT2D eigenvalue weighted by atomic mass is 127. The van der Waals surface area contributed by atoms with Crippen molar-refractivity contribution in [2.45, 2.75) is 26.8 Å². The summed E-state index contributed by atoms with van der Waals surface area (Å²) < 4.78 is 0. The van der Waals surface area contributed by atoms with E-state index in [9.17, 15) is 4.79 Å².